The number of halogens is 1. The fraction of sp³-hybridized carbons (Fsp3) is 0.167. The van der Waals surface area contributed by atoms with Crippen molar-refractivity contribution in [3.05, 3.63) is 95.3 Å². The number of hydrogen-bond donors (Lipinski definition) is 0. The molecule has 0 unspecified atom stereocenters. The van der Waals surface area contributed by atoms with Crippen molar-refractivity contribution >= 4 is 33.0 Å². The molecule has 3 aromatic rings. The molecule has 3 aromatic carbocycles. The van der Waals surface area contributed by atoms with Crippen molar-refractivity contribution in [1.82, 2.24) is 0 Å². The first-order valence-electron chi connectivity index (χ1n) is 10.0. The van der Waals surface area contributed by atoms with Gasteiger partial charge in [-0.05, 0) is 42.8 Å². The molecule has 6 nitrogen and oxygen atoms in total. The van der Waals surface area contributed by atoms with Crippen LogP contribution in [0.4, 0.5) is 15.8 Å². The first-order chi connectivity index (χ1) is 15.3. The van der Waals surface area contributed by atoms with E-state index < -0.39 is 38.1 Å². The van der Waals surface area contributed by atoms with Gasteiger partial charge in [0, 0.05) is 11.3 Å². The number of fused-ring (bicyclic) bond motifs is 2. The number of carbonyl (C=O) groups is 2. The van der Waals surface area contributed by atoms with E-state index in [0.717, 1.165) is 10.5 Å². The molecule has 0 radical (unpaired) electrons. The molecule has 0 bridgehead atoms. The lowest BCUT2D eigenvalue weighted by Crippen LogP contribution is -2.54. The van der Waals surface area contributed by atoms with Crippen molar-refractivity contribution in [2.75, 3.05) is 15.6 Å². The van der Waals surface area contributed by atoms with E-state index in [1.165, 1.54) is 17.0 Å². The van der Waals surface area contributed by atoms with Crippen LogP contribution < -0.4 is 9.80 Å². The van der Waals surface area contributed by atoms with Crippen molar-refractivity contribution < 1.29 is 22.4 Å². The molecule has 0 aromatic heterocycles. The van der Waals surface area contributed by atoms with E-state index in [9.17, 15) is 22.4 Å². The minimum Gasteiger partial charge on any atom is -0.304 e. The van der Waals surface area contributed by atoms with Gasteiger partial charge in [-0.1, -0.05) is 48.0 Å². The SMILES string of the molecule is Cc1ccc(N2C(=O)CS(=O)(=O)[C@@]23C(=O)N(Cc2ccc(F)cc2)c2ccccc23)cc1. The van der Waals surface area contributed by atoms with Gasteiger partial charge in [0.25, 0.3) is 10.8 Å². The average Bonchev–Trinajstić information content (AvgIpc) is 3.13. The van der Waals surface area contributed by atoms with Crippen LogP contribution in [0.1, 0.15) is 16.7 Å². The van der Waals surface area contributed by atoms with E-state index in [1.807, 2.05) is 6.92 Å². The van der Waals surface area contributed by atoms with Crippen LogP contribution in [0.25, 0.3) is 0 Å². The normalized spacial score (nSPS) is 21.4. The zero-order valence-electron chi connectivity index (χ0n) is 17.2. The number of sulfone groups is 1. The lowest BCUT2D eigenvalue weighted by molar-refractivity contribution is -0.123. The fourth-order valence-corrected chi connectivity index (χ4v) is 6.55. The molecule has 2 aliphatic rings. The van der Waals surface area contributed by atoms with Gasteiger partial charge >= 0.3 is 0 Å². The van der Waals surface area contributed by atoms with Gasteiger partial charge in [-0.25, -0.2) is 12.8 Å². The Labute approximate surface area is 184 Å². The number of anilines is 2. The van der Waals surface area contributed by atoms with E-state index in [2.05, 4.69) is 0 Å². The average molecular weight is 450 g/mol. The van der Waals surface area contributed by atoms with Gasteiger partial charge in [-0.2, -0.15) is 0 Å². The van der Waals surface area contributed by atoms with Crippen LogP contribution >= 0.6 is 0 Å². The summed E-state index contributed by atoms with van der Waals surface area (Å²) in [5.41, 5.74) is 2.58. The number of nitrogens with zero attached hydrogens (tertiary/aromatic N) is 2. The van der Waals surface area contributed by atoms with Gasteiger partial charge in [0.05, 0.1) is 12.2 Å². The van der Waals surface area contributed by atoms with Gasteiger partial charge in [-0.3, -0.25) is 14.5 Å². The number of para-hydroxylation sites is 1. The van der Waals surface area contributed by atoms with Gasteiger partial charge < -0.3 is 4.90 Å². The van der Waals surface area contributed by atoms with Crippen LogP contribution in [0.5, 0.6) is 0 Å². The molecule has 1 fully saturated rings. The molecule has 1 spiro atoms. The van der Waals surface area contributed by atoms with Gasteiger partial charge in [-0.15, -0.1) is 0 Å². The van der Waals surface area contributed by atoms with E-state index in [-0.39, 0.29) is 12.1 Å². The molecule has 2 aliphatic heterocycles. The zero-order chi connectivity index (χ0) is 22.7. The summed E-state index contributed by atoms with van der Waals surface area (Å²) in [7, 11) is -4.21. The highest BCUT2D eigenvalue weighted by atomic mass is 32.2. The van der Waals surface area contributed by atoms with Gasteiger partial charge in [0.1, 0.15) is 11.6 Å². The Morgan fingerprint density at radius 3 is 2.28 bits per heavy atom. The second kappa shape index (κ2) is 7.00. The minimum absolute atomic E-state index is 0.0450. The summed E-state index contributed by atoms with van der Waals surface area (Å²) < 4.78 is 40.4. The van der Waals surface area contributed by atoms with Crippen molar-refractivity contribution in [2.24, 2.45) is 0 Å². The molecule has 5 rings (SSSR count). The van der Waals surface area contributed by atoms with Crippen LogP contribution in [0.3, 0.4) is 0 Å². The lowest BCUT2D eigenvalue weighted by atomic mass is 10.0. The van der Waals surface area contributed by atoms with Gasteiger partial charge in [0.2, 0.25) is 5.91 Å². The fourth-order valence-electron chi connectivity index (χ4n) is 4.51. The lowest BCUT2D eigenvalue weighted by Gasteiger charge is -2.32. The molecule has 0 saturated carbocycles. The summed E-state index contributed by atoms with van der Waals surface area (Å²) in [6, 6.07) is 19.1. The first kappa shape index (κ1) is 20.4. The number of aryl methyl sites for hydroxylation is 1. The highest BCUT2D eigenvalue weighted by Crippen LogP contribution is 2.52. The molecule has 2 heterocycles. The van der Waals surface area contributed by atoms with Crippen molar-refractivity contribution in [3.63, 3.8) is 0 Å². The van der Waals surface area contributed by atoms with E-state index in [4.69, 9.17) is 0 Å². The molecule has 1 saturated heterocycles. The third-order valence-corrected chi connectivity index (χ3v) is 8.07. The monoisotopic (exact) mass is 450 g/mol. The van der Waals surface area contributed by atoms with E-state index >= 15 is 0 Å². The topological polar surface area (TPSA) is 74.8 Å². The number of hydrogen-bond acceptors (Lipinski definition) is 4. The van der Waals surface area contributed by atoms with E-state index in [0.29, 0.717) is 16.9 Å². The Balaban J connectivity index is 1.72. The van der Waals surface area contributed by atoms with Crippen LogP contribution in [-0.4, -0.2) is 26.0 Å². The standard InChI is InChI=1S/C24H19FN2O4S/c1-16-6-12-19(13-7-16)27-22(28)15-32(30,31)24(27)20-4-2-3-5-21(20)26(23(24)29)14-17-8-10-18(25)11-9-17/h2-13H,14-15H2,1H3/t24-/m0/s1. The molecule has 0 N–H and O–H groups in total. The number of rotatable bonds is 3. The molecule has 32 heavy (non-hydrogen) atoms. The Bertz CT molecular complexity index is 1350. The number of amides is 2. The van der Waals surface area contributed by atoms with Crippen molar-refractivity contribution in [1.29, 1.82) is 0 Å². The highest BCUT2D eigenvalue weighted by Gasteiger charge is 2.69. The molecule has 2 amide bonds. The summed E-state index contributed by atoms with van der Waals surface area (Å²) in [5.74, 6) is -2.53. The number of carbonyl (C=O) groups excluding carboxylic acids is 2. The van der Waals surface area contributed by atoms with Crippen LogP contribution in [0, 0.1) is 12.7 Å². The molecule has 1 atom stereocenters. The maximum Gasteiger partial charge on any atom is 0.274 e. The Kier molecular flexibility index (Phi) is 4.46. The quantitative estimate of drug-likeness (QED) is 0.614. The maximum absolute atomic E-state index is 13.9. The summed E-state index contributed by atoms with van der Waals surface area (Å²) in [5, 5.41) is 0. The summed E-state index contributed by atoms with van der Waals surface area (Å²) in [6.07, 6.45) is 0. The largest absolute Gasteiger partial charge is 0.304 e. The van der Waals surface area contributed by atoms with Crippen LogP contribution in [0.15, 0.2) is 72.8 Å². The molecule has 8 heteroatoms. The third-order valence-electron chi connectivity index (χ3n) is 5.97. The Hall–Kier alpha value is -3.52. The second-order valence-corrected chi connectivity index (χ2v) is 10.1. The van der Waals surface area contributed by atoms with Gasteiger partial charge in [0.15, 0.2) is 9.84 Å². The maximum atomic E-state index is 13.9. The molecule has 162 valence electrons. The molecular formula is C24H19FN2O4S. The molecule has 0 aliphatic carbocycles. The second-order valence-electron chi connectivity index (χ2n) is 8.00. The third kappa shape index (κ3) is 2.72. The minimum atomic E-state index is -4.21. The van der Waals surface area contributed by atoms with Crippen LogP contribution in [0.2, 0.25) is 0 Å². The van der Waals surface area contributed by atoms with E-state index in [1.54, 1.807) is 60.7 Å². The summed E-state index contributed by atoms with van der Waals surface area (Å²) >= 11 is 0. The van der Waals surface area contributed by atoms with Crippen molar-refractivity contribution in [3.8, 4) is 0 Å². The molecular weight excluding hydrogens is 431 g/mol. The predicted octanol–water partition coefficient (Wildman–Crippen LogP) is 3.30. The summed E-state index contributed by atoms with van der Waals surface area (Å²) in [6.45, 7) is 1.92. The summed E-state index contributed by atoms with van der Waals surface area (Å²) in [4.78, 5) is 27.3. The smallest absolute Gasteiger partial charge is 0.274 e. The highest BCUT2D eigenvalue weighted by molar-refractivity contribution is 7.94. The van der Waals surface area contributed by atoms with Crippen LogP contribution in [-0.2, 0) is 30.8 Å². The zero-order valence-corrected chi connectivity index (χ0v) is 18.0. The Morgan fingerprint density at radius 2 is 1.59 bits per heavy atom. The van der Waals surface area contributed by atoms with Crippen molar-refractivity contribution in [2.45, 2.75) is 18.3 Å². The number of benzene rings is 3. The first-order valence-corrected chi connectivity index (χ1v) is 11.7. The predicted molar refractivity (Wildman–Crippen MR) is 118 cm³/mol. The Morgan fingerprint density at radius 1 is 0.938 bits per heavy atom.